The van der Waals surface area contributed by atoms with Crippen LogP contribution < -0.4 is 28.4 Å². The van der Waals surface area contributed by atoms with Crippen molar-refractivity contribution in [3.63, 3.8) is 0 Å². The van der Waals surface area contributed by atoms with E-state index in [2.05, 4.69) is 76.2 Å². The van der Waals surface area contributed by atoms with Gasteiger partial charge in [-0.2, -0.15) is 0 Å². The van der Waals surface area contributed by atoms with Gasteiger partial charge < -0.3 is 33.2 Å². The summed E-state index contributed by atoms with van der Waals surface area (Å²) < 4.78 is 43.9. The van der Waals surface area contributed by atoms with Gasteiger partial charge in [0.1, 0.15) is 23.0 Å². The first kappa shape index (κ1) is 42.7. The van der Waals surface area contributed by atoms with Crippen molar-refractivity contribution in [1.29, 1.82) is 0 Å². The van der Waals surface area contributed by atoms with E-state index in [0.717, 1.165) is 45.3 Å². The lowest BCUT2D eigenvalue weighted by atomic mass is 9.74. The fourth-order valence-corrected chi connectivity index (χ4v) is 7.35. The number of methoxy groups -OCH3 is 2. The molecule has 0 aliphatic carbocycles. The Morgan fingerprint density at radius 2 is 0.814 bits per heavy atom. The fraction of sp³-hybridized carbons (Fsp3) is 0.308. The van der Waals surface area contributed by atoms with Gasteiger partial charge in [-0.3, -0.25) is 0 Å². The average molecular weight is 795 g/mol. The molecule has 0 aliphatic rings. The predicted molar refractivity (Wildman–Crippen MR) is 236 cm³/mol. The van der Waals surface area contributed by atoms with E-state index in [1.807, 2.05) is 111 Å². The van der Waals surface area contributed by atoms with Crippen LogP contribution in [0.3, 0.4) is 0 Å². The molecule has 7 nitrogen and oxygen atoms in total. The Morgan fingerprint density at radius 1 is 0.424 bits per heavy atom. The van der Waals surface area contributed by atoms with Gasteiger partial charge in [0, 0.05) is 10.8 Å². The van der Waals surface area contributed by atoms with Crippen molar-refractivity contribution in [2.24, 2.45) is 0 Å². The molecule has 0 spiro atoms. The van der Waals surface area contributed by atoms with Crippen LogP contribution in [0.15, 0.2) is 146 Å². The first-order valence-corrected chi connectivity index (χ1v) is 20.5. The lowest BCUT2D eigenvalue weighted by molar-refractivity contribution is -0.0753. The zero-order valence-corrected chi connectivity index (χ0v) is 35.7. The Hall–Kier alpha value is -5.92. The number of rotatable bonds is 20. The molecule has 59 heavy (non-hydrogen) atoms. The highest BCUT2D eigenvalue weighted by Gasteiger charge is 2.40. The van der Waals surface area contributed by atoms with Crippen LogP contribution >= 0.6 is 0 Å². The summed E-state index contributed by atoms with van der Waals surface area (Å²) in [5, 5.41) is 0. The maximum Gasteiger partial charge on any atom is 0.161 e. The largest absolute Gasteiger partial charge is 0.493 e. The second kappa shape index (κ2) is 19.7. The molecule has 0 fully saturated rings. The summed E-state index contributed by atoms with van der Waals surface area (Å²) in [6.07, 6.45) is 0.555. The van der Waals surface area contributed by atoms with Crippen LogP contribution in [0.5, 0.6) is 46.0 Å². The average Bonchev–Trinajstić information content (AvgIpc) is 3.24. The zero-order valence-electron chi connectivity index (χ0n) is 35.7. The molecule has 308 valence electrons. The molecular weight excluding hydrogens is 737 g/mol. The first-order chi connectivity index (χ1) is 28.5. The van der Waals surface area contributed by atoms with Crippen LogP contribution in [0.2, 0.25) is 0 Å². The Balaban J connectivity index is 1.44. The third-order valence-electron chi connectivity index (χ3n) is 11.0. The molecule has 0 saturated carbocycles. The molecule has 0 aliphatic heterocycles. The van der Waals surface area contributed by atoms with Crippen molar-refractivity contribution < 1.29 is 33.2 Å². The molecule has 6 aromatic rings. The van der Waals surface area contributed by atoms with E-state index in [1.165, 1.54) is 0 Å². The van der Waals surface area contributed by atoms with Crippen LogP contribution in [-0.2, 0) is 28.4 Å². The summed E-state index contributed by atoms with van der Waals surface area (Å²) in [6, 6.07) is 48.7. The molecule has 7 heteroatoms. The third kappa shape index (κ3) is 10.8. The van der Waals surface area contributed by atoms with Gasteiger partial charge in [0.2, 0.25) is 0 Å². The van der Waals surface area contributed by atoms with Crippen molar-refractivity contribution in [1.82, 2.24) is 0 Å². The van der Waals surface area contributed by atoms with E-state index in [1.54, 1.807) is 14.2 Å². The minimum Gasteiger partial charge on any atom is -0.493 e. The summed E-state index contributed by atoms with van der Waals surface area (Å²) in [5.74, 6) is 5.88. The van der Waals surface area contributed by atoms with Crippen molar-refractivity contribution in [3.05, 3.63) is 168 Å². The molecule has 0 saturated heterocycles. The van der Waals surface area contributed by atoms with Gasteiger partial charge in [-0.15, -0.1) is 0 Å². The molecule has 0 heterocycles. The molecule has 6 rings (SSSR count). The van der Waals surface area contributed by atoms with Crippen LogP contribution in [0.1, 0.15) is 63.8 Å². The lowest BCUT2D eigenvalue weighted by Crippen LogP contribution is -2.46. The van der Waals surface area contributed by atoms with Gasteiger partial charge in [-0.25, -0.2) is 0 Å². The Morgan fingerprint density at radius 3 is 1.19 bits per heavy atom. The van der Waals surface area contributed by atoms with Gasteiger partial charge >= 0.3 is 0 Å². The minimum absolute atomic E-state index is 0.324. The highest BCUT2D eigenvalue weighted by molar-refractivity contribution is 5.47. The molecule has 2 atom stereocenters. The summed E-state index contributed by atoms with van der Waals surface area (Å²) in [5.41, 5.74) is 3.28. The summed E-state index contributed by atoms with van der Waals surface area (Å²) in [7, 11) is 3.36. The predicted octanol–water partition coefficient (Wildman–Crippen LogP) is 12.6. The van der Waals surface area contributed by atoms with Crippen molar-refractivity contribution in [2.45, 2.75) is 77.4 Å². The molecule has 0 radical (unpaired) electrons. The molecule has 0 N–H and O–H groups in total. The van der Waals surface area contributed by atoms with E-state index < -0.39 is 10.8 Å². The van der Waals surface area contributed by atoms with Crippen molar-refractivity contribution in [2.75, 3.05) is 27.4 Å². The molecule has 0 amide bonds. The number of benzene rings is 6. The first-order valence-electron chi connectivity index (χ1n) is 20.5. The van der Waals surface area contributed by atoms with Crippen molar-refractivity contribution in [3.8, 4) is 46.0 Å². The highest BCUT2D eigenvalue weighted by Crippen LogP contribution is 2.42. The fourth-order valence-electron chi connectivity index (χ4n) is 7.35. The second-order valence-electron chi connectivity index (χ2n) is 15.7. The summed E-state index contributed by atoms with van der Waals surface area (Å²) >= 11 is 0. The normalized spacial score (nSPS) is 12.6. The van der Waals surface area contributed by atoms with Gasteiger partial charge in [0.15, 0.2) is 23.0 Å². The number of hydrogen-bond donors (Lipinski definition) is 0. The Labute approximate surface area is 350 Å². The Kier molecular flexibility index (Phi) is 14.2. The van der Waals surface area contributed by atoms with Gasteiger partial charge in [0.05, 0.1) is 39.6 Å². The van der Waals surface area contributed by atoms with Crippen molar-refractivity contribution >= 4 is 0 Å². The molecule has 6 aromatic carbocycles. The van der Waals surface area contributed by atoms with E-state index in [9.17, 15) is 0 Å². The molecule has 0 bridgehead atoms. The van der Waals surface area contributed by atoms with Crippen LogP contribution in [0.25, 0.3) is 0 Å². The monoisotopic (exact) mass is 794 g/mol. The number of ether oxygens (including phenoxy) is 7. The van der Waals surface area contributed by atoms with Gasteiger partial charge in [-0.05, 0) is 122 Å². The third-order valence-corrected chi connectivity index (χ3v) is 11.0. The molecule has 2 unspecified atom stereocenters. The maximum atomic E-state index is 7.69. The van der Waals surface area contributed by atoms with E-state index >= 15 is 0 Å². The maximum absolute atomic E-state index is 7.69. The molecule has 0 aromatic heterocycles. The zero-order chi connectivity index (χ0) is 41.8. The second-order valence-corrected chi connectivity index (χ2v) is 15.7. The van der Waals surface area contributed by atoms with Crippen LogP contribution in [0.4, 0.5) is 0 Å². The van der Waals surface area contributed by atoms with Crippen LogP contribution in [0, 0.1) is 0 Å². The standard InChI is InChI=1S/C52H58O7/c1-9-55-45-29-27-39(35-47(45)53-7)51(3,4)49(33-37-19-17-25-43(31-37)57-41-21-13-11-14-22-41)59-50(52(5,6)40-28-30-46(56-10-2)48(36-40)54-8)34-38-20-18-26-44(32-38)58-42-23-15-12-16-24-42/h11-32,35-36,49-50H,9-10,33-34H2,1-8H3. The molecular formula is C52H58O7. The van der Waals surface area contributed by atoms with Gasteiger partial charge in [-0.1, -0.05) is 100 Å². The SMILES string of the molecule is CCOc1ccc(C(C)(C)C(Cc2cccc(Oc3ccccc3)c2)OC(Cc2cccc(Oc3ccccc3)c2)C(C)(C)c2ccc(OCC)c(OC)c2)cc1OC. The van der Waals surface area contributed by atoms with Crippen LogP contribution in [-0.4, -0.2) is 39.6 Å². The highest BCUT2D eigenvalue weighted by atomic mass is 16.5. The van der Waals surface area contributed by atoms with Gasteiger partial charge in [0.25, 0.3) is 0 Å². The Bertz CT molecular complexity index is 2070. The topological polar surface area (TPSA) is 64.6 Å². The van der Waals surface area contributed by atoms with E-state index in [-0.39, 0.29) is 12.2 Å². The summed E-state index contributed by atoms with van der Waals surface area (Å²) in [4.78, 5) is 0. The van der Waals surface area contributed by atoms with E-state index in [0.29, 0.717) is 49.1 Å². The number of hydrogen-bond acceptors (Lipinski definition) is 7. The lowest BCUT2D eigenvalue weighted by Gasteiger charge is -2.43. The smallest absolute Gasteiger partial charge is 0.161 e. The van der Waals surface area contributed by atoms with E-state index in [4.69, 9.17) is 33.2 Å². The minimum atomic E-state index is -0.516. The number of para-hydroxylation sites is 2. The quantitative estimate of drug-likeness (QED) is 0.0762. The summed E-state index contributed by atoms with van der Waals surface area (Å²) in [6.45, 7) is 14.0.